The van der Waals surface area contributed by atoms with Crippen molar-refractivity contribution < 1.29 is 22.8 Å². The summed E-state index contributed by atoms with van der Waals surface area (Å²) in [6.45, 7) is 1.90. The van der Waals surface area contributed by atoms with Gasteiger partial charge in [-0.1, -0.05) is 23.7 Å². The Morgan fingerprint density at radius 1 is 1.10 bits per heavy atom. The monoisotopic (exact) mass is 442 g/mol. The molecule has 2 aliphatic heterocycles. The number of carbonyl (C=O) groups is 3. The first-order valence-corrected chi connectivity index (χ1v) is 11.5. The average Bonchev–Trinajstić information content (AvgIpc) is 3.00. The lowest BCUT2D eigenvalue weighted by Crippen LogP contribution is -2.53. The first kappa shape index (κ1) is 21.5. The van der Waals surface area contributed by atoms with Gasteiger partial charge in [0.05, 0.1) is 28.6 Å². The van der Waals surface area contributed by atoms with Crippen molar-refractivity contribution in [2.24, 2.45) is 0 Å². The SMILES string of the molecule is O=C(CN1CCN(C(=O)c2ccccc2Cl)CC1)NC(=O)N[C@@H]1CCS(=O)(=O)C1. The third-order valence-electron chi connectivity index (χ3n) is 4.95. The van der Waals surface area contributed by atoms with Crippen molar-refractivity contribution in [1.29, 1.82) is 0 Å². The van der Waals surface area contributed by atoms with Crippen molar-refractivity contribution in [3.8, 4) is 0 Å². The number of nitrogens with zero attached hydrogens (tertiary/aromatic N) is 2. The molecule has 0 spiro atoms. The van der Waals surface area contributed by atoms with Gasteiger partial charge >= 0.3 is 6.03 Å². The van der Waals surface area contributed by atoms with Crippen molar-refractivity contribution in [1.82, 2.24) is 20.4 Å². The number of hydrogen-bond donors (Lipinski definition) is 2. The van der Waals surface area contributed by atoms with Gasteiger partial charge < -0.3 is 10.2 Å². The van der Waals surface area contributed by atoms with Crippen LogP contribution in [0.4, 0.5) is 4.79 Å². The number of piperazine rings is 1. The maximum atomic E-state index is 12.6. The van der Waals surface area contributed by atoms with Gasteiger partial charge in [0, 0.05) is 32.2 Å². The Balaban J connectivity index is 1.41. The maximum absolute atomic E-state index is 12.6. The molecule has 158 valence electrons. The second-order valence-corrected chi connectivity index (χ2v) is 9.81. The molecule has 0 aliphatic carbocycles. The zero-order valence-corrected chi connectivity index (χ0v) is 17.3. The topological polar surface area (TPSA) is 116 Å². The van der Waals surface area contributed by atoms with Gasteiger partial charge in [0.25, 0.3) is 5.91 Å². The fraction of sp³-hybridized carbons (Fsp3) is 0.500. The van der Waals surface area contributed by atoms with Gasteiger partial charge in [-0.05, 0) is 18.6 Å². The standard InChI is InChI=1S/C18H23ClN4O5S/c19-15-4-2-1-3-14(15)17(25)23-8-6-22(7-9-23)11-16(24)21-18(26)20-13-5-10-29(27,28)12-13/h1-4,13H,5-12H2,(H2,20,21,24,26)/t13-/m1/s1. The summed E-state index contributed by atoms with van der Waals surface area (Å²) >= 11 is 6.08. The van der Waals surface area contributed by atoms with E-state index < -0.39 is 27.8 Å². The highest BCUT2D eigenvalue weighted by molar-refractivity contribution is 7.91. The summed E-state index contributed by atoms with van der Waals surface area (Å²) in [5, 5.41) is 5.14. The number of urea groups is 1. The van der Waals surface area contributed by atoms with Gasteiger partial charge in [0.1, 0.15) is 0 Å². The Bertz CT molecular complexity index is 899. The molecule has 3 rings (SSSR count). The number of sulfone groups is 1. The molecule has 4 amide bonds. The van der Waals surface area contributed by atoms with Crippen LogP contribution >= 0.6 is 11.6 Å². The van der Waals surface area contributed by atoms with Crippen LogP contribution in [0.25, 0.3) is 0 Å². The summed E-state index contributed by atoms with van der Waals surface area (Å²) in [6, 6.07) is 5.71. The fourth-order valence-corrected chi connectivity index (χ4v) is 5.30. The van der Waals surface area contributed by atoms with Crippen LogP contribution in [0.1, 0.15) is 16.8 Å². The molecule has 2 heterocycles. The van der Waals surface area contributed by atoms with E-state index in [1.165, 1.54) is 0 Å². The average molecular weight is 443 g/mol. The second kappa shape index (κ2) is 9.10. The molecule has 1 atom stereocenters. The second-order valence-electron chi connectivity index (χ2n) is 7.17. The van der Waals surface area contributed by atoms with Crippen LogP contribution in [0.2, 0.25) is 5.02 Å². The number of amides is 4. The lowest BCUT2D eigenvalue weighted by molar-refractivity contribution is -0.121. The molecule has 1 aromatic carbocycles. The number of rotatable bonds is 4. The number of imide groups is 1. The van der Waals surface area contributed by atoms with Crippen molar-refractivity contribution >= 4 is 39.3 Å². The summed E-state index contributed by atoms with van der Waals surface area (Å²) in [5.74, 6) is -0.682. The summed E-state index contributed by atoms with van der Waals surface area (Å²) in [4.78, 5) is 40.0. The summed E-state index contributed by atoms with van der Waals surface area (Å²) < 4.78 is 22.8. The van der Waals surface area contributed by atoms with E-state index in [1.54, 1.807) is 29.2 Å². The molecule has 2 N–H and O–H groups in total. The molecule has 2 aliphatic rings. The van der Waals surface area contributed by atoms with Crippen LogP contribution in [0.15, 0.2) is 24.3 Å². The molecule has 11 heteroatoms. The molecule has 0 bridgehead atoms. The molecule has 2 fully saturated rings. The molecule has 0 unspecified atom stereocenters. The predicted molar refractivity (Wildman–Crippen MR) is 108 cm³/mol. The quantitative estimate of drug-likeness (QED) is 0.683. The first-order valence-electron chi connectivity index (χ1n) is 9.30. The van der Waals surface area contributed by atoms with Crippen molar-refractivity contribution in [2.45, 2.75) is 12.5 Å². The molecule has 1 aromatic rings. The van der Waals surface area contributed by atoms with Gasteiger partial charge in [0.15, 0.2) is 9.84 Å². The van der Waals surface area contributed by atoms with Gasteiger partial charge in [-0.25, -0.2) is 13.2 Å². The van der Waals surface area contributed by atoms with Crippen LogP contribution < -0.4 is 10.6 Å². The molecule has 0 aromatic heterocycles. The van der Waals surface area contributed by atoms with E-state index >= 15 is 0 Å². The van der Waals surface area contributed by atoms with Gasteiger partial charge in [-0.2, -0.15) is 0 Å². The Morgan fingerprint density at radius 2 is 1.79 bits per heavy atom. The van der Waals surface area contributed by atoms with Gasteiger partial charge in [0.2, 0.25) is 5.91 Å². The lowest BCUT2D eigenvalue weighted by atomic mass is 10.2. The van der Waals surface area contributed by atoms with Crippen LogP contribution in [0, 0.1) is 0 Å². The molecule has 0 saturated carbocycles. The van der Waals surface area contributed by atoms with E-state index in [0.717, 1.165) is 0 Å². The number of nitrogens with one attached hydrogen (secondary N) is 2. The number of halogens is 1. The number of benzene rings is 1. The van der Waals surface area contributed by atoms with Crippen molar-refractivity contribution in [3.63, 3.8) is 0 Å². The predicted octanol–water partition coefficient (Wildman–Crippen LogP) is 0.111. The van der Waals surface area contributed by atoms with E-state index in [-0.39, 0.29) is 24.0 Å². The summed E-state index contributed by atoms with van der Waals surface area (Å²) in [5.41, 5.74) is 0.450. The minimum Gasteiger partial charge on any atom is -0.336 e. The van der Waals surface area contributed by atoms with Gasteiger partial charge in [-0.3, -0.25) is 19.8 Å². The van der Waals surface area contributed by atoms with Crippen molar-refractivity contribution in [3.05, 3.63) is 34.9 Å². The fourth-order valence-electron chi connectivity index (χ4n) is 3.41. The van der Waals surface area contributed by atoms with Crippen LogP contribution in [0.5, 0.6) is 0 Å². The highest BCUT2D eigenvalue weighted by Gasteiger charge is 2.29. The van der Waals surface area contributed by atoms with Crippen LogP contribution in [-0.2, 0) is 14.6 Å². The number of carbonyl (C=O) groups excluding carboxylic acids is 3. The van der Waals surface area contributed by atoms with Gasteiger partial charge in [-0.15, -0.1) is 0 Å². The molecule has 0 radical (unpaired) electrons. The molecule has 2 saturated heterocycles. The van der Waals surface area contributed by atoms with E-state index in [2.05, 4.69) is 10.6 Å². The molecule has 9 nitrogen and oxygen atoms in total. The minimum absolute atomic E-state index is 0.0184. The smallest absolute Gasteiger partial charge is 0.321 e. The third-order valence-corrected chi connectivity index (χ3v) is 7.05. The Kier molecular flexibility index (Phi) is 6.76. The molecular weight excluding hydrogens is 420 g/mol. The Labute approximate surface area is 174 Å². The van der Waals surface area contributed by atoms with E-state index in [0.29, 0.717) is 43.2 Å². The Morgan fingerprint density at radius 3 is 2.41 bits per heavy atom. The largest absolute Gasteiger partial charge is 0.336 e. The highest BCUT2D eigenvalue weighted by atomic mass is 35.5. The zero-order valence-electron chi connectivity index (χ0n) is 15.8. The Hall–Kier alpha value is -2.17. The lowest BCUT2D eigenvalue weighted by Gasteiger charge is -2.34. The van der Waals surface area contributed by atoms with E-state index in [9.17, 15) is 22.8 Å². The summed E-state index contributed by atoms with van der Waals surface area (Å²) in [7, 11) is -3.10. The van der Waals surface area contributed by atoms with Crippen LogP contribution in [-0.4, -0.2) is 86.3 Å². The van der Waals surface area contributed by atoms with Crippen LogP contribution in [0.3, 0.4) is 0 Å². The normalized spacial score (nSPS) is 21.6. The third kappa shape index (κ3) is 5.91. The maximum Gasteiger partial charge on any atom is 0.321 e. The minimum atomic E-state index is -3.10. The summed E-state index contributed by atoms with van der Waals surface area (Å²) in [6.07, 6.45) is 0.353. The van der Waals surface area contributed by atoms with E-state index in [1.807, 2.05) is 4.90 Å². The van der Waals surface area contributed by atoms with Crippen molar-refractivity contribution in [2.75, 3.05) is 44.2 Å². The van der Waals surface area contributed by atoms with E-state index in [4.69, 9.17) is 11.6 Å². The molecule has 29 heavy (non-hydrogen) atoms. The molecular formula is C18H23ClN4O5S. The first-order chi connectivity index (χ1) is 13.7. The number of hydrogen-bond acceptors (Lipinski definition) is 6. The highest BCUT2D eigenvalue weighted by Crippen LogP contribution is 2.18. The zero-order chi connectivity index (χ0) is 21.0.